The van der Waals surface area contributed by atoms with Crippen molar-refractivity contribution in [1.82, 2.24) is 15.0 Å². The molecule has 0 fully saturated rings. The van der Waals surface area contributed by atoms with E-state index in [0.29, 0.717) is 0 Å². The molecule has 0 aliphatic carbocycles. The Kier molecular flexibility index (Phi) is 12.1. The van der Waals surface area contributed by atoms with Gasteiger partial charge in [0.15, 0.2) is 0 Å². The molecule has 310 valence electrons. The summed E-state index contributed by atoms with van der Waals surface area (Å²) in [7, 11) is 19.0. The monoisotopic (exact) mass is 841 g/mol. The number of pyridine rings is 3. The van der Waals surface area contributed by atoms with Gasteiger partial charge in [-0.15, -0.1) is 0 Å². The molecule has 0 bridgehead atoms. The van der Waals surface area contributed by atoms with Crippen molar-refractivity contribution in [3.63, 3.8) is 0 Å². The van der Waals surface area contributed by atoms with E-state index >= 15 is 0 Å². The molecule has 3 nitrogen and oxygen atoms in total. The SMILES string of the molecule is BC(B)(c1cccnc1)C(B)(B)c1cc(-c2ccccc2-c2cnc(-c3ccccc3)cc2-c2ccc(-c3ccc(-c4ccccc4)cc3)cc2)cc(C(B)(B)C(B)(B)c2cccnc2)c1. The summed E-state index contributed by atoms with van der Waals surface area (Å²) >= 11 is 0. The molecule has 0 spiro atoms. The van der Waals surface area contributed by atoms with E-state index in [1.807, 2.05) is 24.8 Å². The van der Waals surface area contributed by atoms with Crippen LogP contribution in [-0.2, 0) is 20.9 Å². The Bertz CT molecular complexity index is 3030. The molecule has 0 amide bonds. The second kappa shape index (κ2) is 17.9. The summed E-state index contributed by atoms with van der Waals surface area (Å²) in [4.78, 5) is 14.3. The third-order valence-electron chi connectivity index (χ3n) is 15.3. The zero-order chi connectivity index (χ0) is 46.1. The van der Waals surface area contributed by atoms with Crippen molar-refractivity contribution in [2.45, 2.75) is 20.9 Å². The van der Waals surface area contributed by atoms with Crippen LogP contribution in [0.25, 0.3) is 66.9 Å². The predicted octanol–water partition coefficient (Wildman–Crippen LogP) is 4.95. The lowest BCUT2D eigenvalue weighted by atomic mass is 9.25. The van der Waals surface area contributed by atoms with Crippen LogP contribution in [0.15, 0.2) is 213 Å². The highest BCUT2D eigenvalue weighted by Crippen LogP contribution is 2.45. The molecule has 0 radical (unpaired) electrons. The van der Waals surface area contributed by atoms with Crippen molar-refractivity contribution in [3.8, 4) is 66.9 Å². The summed E-state index contributed by atoms with van der Waals surface area (Å²) < 4.78 is 0. The molecular weight excluding hydrogens is 789 g/mol. The van der Waals surface area contributed by atoms with Gasteiger partial charge in [0, 0.05) is 42.1 Å². The van der Waals surface area contributed by atoms with Crippen LogP contribution in [0.2, 0.25) is 0 Å². The Balaban J connectivity index is 1.20. The van der Waals surface area contributed by atoms with Crippen LogP contribution in [0.3, 0.4) is 0 Å². The number of benzene rings is 6. The van der Waals surface area contributed by atoms with E-state index in [4.69, 9.17) is 4.98 Å². The van der Waals surface area contributed by atoms with Gasteiger partial charge in [-0.2, -0.15) is 0 Å². The number of rotatable bonds is 12. The van der Waals surface area contributed by atoms with Gasteiger partial charge in [-0.1, -0.05) is 196 Å². The summed E-state index contributed by atoms with van der Waals surface area (Å²) in [5.41, 5.74) is 18.6. The molecule has 0 saturated heterocycles. The lowest BCUT2D eigenvalue weighted by Crippen LogP contribution is -2.53. The van der Waals surface area contributed by atoms with E-state index in [0.717, 1.165) is 39.1 Å². The first-order valence-corrected chi connectivity index (χ1v) is 23.1. The Hall–Kier alpha value is -6.71. The smallest absolute Gasteiger partial charge is 0.104 e. The predicted molar refractivity (Wildman–Crippen MR) is 300 cm³/mol. The summed E-state index contributed by atoms with van der Waals surface area (Å²) in [5.74, 6) is 0. The fourth-order valence-corrected chi connectivity index (χ4v) is 9.39. The quantitative estimate of drug-likeness (QED) is 0.164. The number of nitrogens with zero attached hydrogens (tertiary/aromatic N) is 3. The molecule has 0 saturated carbocycles. The van der Waals surface area contributed by atoms with E-state index in [9.17, 15) is 0 Å². The summed E-state index contributed by atoms with van der Waals surface area (Å²) in [5, 5.41) is -1.09. The van der Waals surface area contributed by atoms with Crippen LogP contribution in [0.4, 0.5) is 0 Å². The van der Waals surface area contributed by atoms with Crippen LogP contribution in [-0.4, -0.2) is 77.7 Å². The third-order valence-corrected chi connectivity index (χ3v) is 15.3. The average molecular weight is 841 g/mol. The van der Waals surface area contributed by atoms with Crippen molar-refractivity contribution in [2.24, 2.45) is 0 Å². The summed E-state index contributed by atoms with van der Waals surface area (Å²) in [6, 6.07) is 66.0. The molecule has 0 atom stereocenters. The van der Waals surface area contributed by atoms with E-state index < -0.39 is 0 Å². The van der Waals surface area contributed by atoms with Gasteiger partial charge < -0.3 is 0 Å². The molecule has 0 aliphatic heterocycles. The Morgan fingerprint density at radius 3 is 1.15 bits per heavy atom. The van der Waals surface area contributed by atoms with Crippen LogP contribution in [0, 0.1) is 0 Å². The average Bonchev–Trinajstić information content (AvgIpc) is 3.37. The topological polar surface area (TPSA) is 38.7 Å². The van der Waals surface area contributed by atoms with E-state index in [2.05, 4.69) is 261 Å². The van der Waals surface area contributed by atoms with Gasteiger partial charge >= 0.3 is 0 Å². The molecular formula is C55H51B8N3. The minimum absolute atomic E-state index is 0.250. The van der Waals surface area contributed by atoms with Gasteiger partial charge in [-0.05, 0) is 79.4 Å². The zero-order valence-electron chi connectivity index (χ0n) is 39.5. The van der Waals surface area contributed by atoms with E-state index in [1.165, 1.54) is 50.1 Å². The fourth-order valence-electron chi connectivity index (χ4n) is 9.39. The molecule has 66 heavy (non-hydrogen) atoms. The van der Waals surface area contributed by atoms with E-state index in [-0.39, 0.29) is 20.9 Å². The molecule has 3 heterocycles. The molecule has 0 aliphatic rings. The molecule has 9 rings (SSSR count). The van der Waals surface area contributed by atoms with Crippen molar-refractivity contribution in [1.29, 1.82) is 0 Å². The largest absolute Gasteiger partial charge is 0.264 e. The van der Waals surface area contributed by atoms with Gasteiger partial charge in [0.05, 0.1) is 5.69 Å². The normalized spacial score (nSPS) is 12.1. The van der Waals surface area contributed by atoms with E-state index in [1.54, 1.807) is 0 Å². The lowest BCUT2D eigenvalue weighted by molar-refractivity contribution is 0.703. The fraction of sp³-hybridized carbons (Fsp3) is 0.0727. The van der Waals surface area contributed by atoms with Crippen molar-refractivity contribution in [2.75, 3.05) is 0 Å². The van der Waals surface area contributed by atoms with Crippen molar-refractivity contribution in [3.05, 3.63) is 235 Å². The molecule has 9 aromatic rings. The maximum absolute atomic E-state index is 5.18. The van der Waals surface area contributed by atoms with Crippen molar-refractivity contribution >= 4 is 62.8 Å². The first-order valence-electron chi connectivity index (χ1n) is 23.1. The second-order valence-electron chi connectivity index (χ2n) is 19.8. The van der Waals surface area contributed by atoms with Gasteiger partial charge in [0.25, 0.3) is 0 Å². The molecule has 6 aromatic carbocycles. The minimum Gasteiger partial charge on any atom is -0.264 e. The second-order valence-corrected chi connectivity index (χ2v) is 19.8. The molecule has 0 unspecified atom stereocenters. The first-order chi connectivity index (χ1) is 31.8. The highest BCUT2D eigenvalue weighted by molar-refractivity contribution is 6.55. The number of hydrogen-bond acceptors (Lipinski definition) is 3. The van der Waals surface area contributed by atoms with Crippen LogP contribution < -0.4 is 0 Å². The minimum atomic E-state index is -0.294. The number of hydrogen-bond donors (Lipinski definition) is 0. The lowest BCUT2D eigenvalue weighted by Gasteiger charge is -2.46. The molecule has 0 N–H and O–H groups in total. The standard InChI is InChI=1S/C55H51B8N3/c56-52(57,43-15-9-27-64-33-43)54(60,61)45-29-42(30-46(31-45)55(62,63)53(58,59)44-16-10-28-65-34-44)47-17-7-8-18-48(47)50-35-66-51(41-13-5-2-6-14-41)32-49(50)40-25-23-39(24-26-40)38-21-19-37(20-22-38)36-11-3-1-4-12-36/h1-35H,56-63H2. The van der Waals surface area contributed by atoms with Crippen LogP contribution in [0.5, 0.6) is 0 Å². The highest BCUT2D eigenvalue weighted by Gasteiger charge is 2.43. The summed E-state index contributed by atoms with van der Waals surface area (Å²) in [6.45, 7) is 0. The zero-order valence-corrected chi connectivity index (χ0v) is 39.5. The first kappa shape index (κ1) is 44.5. The maximum Gasteiger partial charge on any atom is 0.104 e. The van der Waals surface area contributed by atoms with Crippen LogP contribution >= 0.6 is 0 Å². The number of aromatic nitrogens is 3. The van der Waals surface area contributed by atoms with Gasteiger partial charge in [-0.25, -0.2) is 0 Å². The van der Waals surface area contributed by atoms with Gasteiger partial charge in [0.2, 0.25) is 0 Å². The summed E-state index contributed by atoms with van der Waals surface area (Å²) in [6.07, 6.45) is 9.86. The van der Waals surface area contributed by atoms with Gasteiger partial charge in [-0.3, -0.25) is 15.0 Å². The Labute approximate surface area is 398 Å². The maximum atomic E-state index is 5.18. The molecule has 11 heteroatoms. The van der Waals surface area contributed by atoms with Gasteiger partial charge in [0.1, 0.15) is 62.8 Å². The Morgan fingerprint density at radius 2 is 0.682 bits per heavy atom. The van der Waals surface area contributed by atoms with Crippen molar-refractivity contribution < 1.29 is 0 Å². The van der Waals surface area contributed by atoms with Crippen LogP contribution in [0.1, 0.15) is 22.3 Å². The molecule has 3 aromatic heterocycles. The Morgan fingerprint density at radius 1 is 0.273 bits per heavy atom. The highest BCUT2D eigenvalue weighted by atomic mass is 14.7. The third kappa shape index (κ3) is 8.37.